The average Bonchev–Trinajstić information content (AvgIpc) is 3.56. The summed E-state index contributed by atoms with van der Waals surface area (Å²) in [6.07, 6.45) is 0. The molecule has 1 aliphatic rings. The average molecular weight is 550 g/mol. The molecule has 0 spiro atoms. The first-order valence-electron chi connectivity index (χ1n) is 12.9. The van der Waals surface area contributed by atoms with Crippen molar-refractivity contribution < 1.29 is 9.59 Å². The Bertz CT molecular complexity index is 1900. The number of nitrogens with one attached hydrogen (secondary N) is 1. The molecule has 0 radical (unpaired) electrons. The standard InChI is InChI=1S/C31H27N5O3S/c1-18-9-15-21(16-10-18)32-24(37)17-35-23-8-6-5-7-22(23)25(28(35)38)26-29(39)36-30(40-26)33-27(34-36)19-11-13-20(14-12-19)31(2,3)4/h5-16H,17H2,1-4H3,(H,32,37). The number of anilines is 2. The van der Waals surface area contributed by atoms with Gasteiger partial charge < -0.3 is 5.32 Å². The molecule has 5 aromatic rings. The van der Waals surface area contributed by atoms with E-state index in [1.165, 1.54) is 15.0 Å². The zero-order chi connectivity index (χ0) is 28.2. The highest BCUT2D eigenvalue weighted by Crippen LogP contribution is 2.35. The van der Waals surface area contributed by atoms with Crippen LogP contribution in [0.15, 0.2) is 77.6 Å². The van der Waals surface area contributed by atoms with Gasteiger partial charge in [0, 0.05) is 16.8 Å². The van der Waals surface area contributed by atoms with Gasteiger partial charge in [0.1, 0.15) is 11.1 Å². The number of nitrogens with zero attached hydrogens (tertiary/aromatic N) is 4. The lowest BCUT2D eigenvalue weighted by Gasteiger charge is -2.18. The molecule has 0 saturated heterocycles. The molecule has 8 nitrogen and oxygen atoms in total. The number of amides is 2. The number of carbonyl (C=O) groups is 2. The molecule has 0 bridgehead atoms. The summed E-state index contributed by atoms with van der Waals surface area (Å²) < 4.78 is 1.51. The lowest BCUT2D eigenvalue weighted by atomic mass is 9.87. The molecule has 3 aromatic carbocycles. The minimum Gasteiger partial charge on any atom is -0.325 e. The van der Waals surface area contributed by atoms with Gasteiger partial charge in [0.25, 0.3) is 11.5 Å². The highest BCUT2D eigenvalue weighted by Gasteiger charge is 2.35. The number of hydrogen-bond acceptors (Lipinski definition) is 6. The smallest absolute Gasteiger partial charge is 0.291 e. The predicted octanol–water partition coefficient (Wildman–Crippen LogP) is 4.33. The van der Waals surface area contributed by atoms with Crippen molar-refractivity contribution in [3.05, 3.63) is 104 Å². The van der Waals surface area contributed by atoms with Crippen molar-refractivity contribution in [3.8, 4) is 11.4 Å². The second-order valence-corrected chi connectivity index (χ2v) is 11.9. The molecule has 2 aromatic heterocycles. The van der Waals surface area contributed by atoms with Crippen LogP contribution in [0.2, 0.25) is 0 Å². The molecule has 6 rings (SSSR count). The first-order valence-corrected chi connectivity index (χ1v) is 13.7. The fourth-order valence-electron chi connectivity index (χ4n) is 4.76. The maximum absolute atomic E-state index is 13.7. The molecule has 1 aliphatic heterocycles. The number of benzene rings is 3. The monoisotopic (exact) mass is 549 g/mol. The third kappa shape index (κ3) is 4.48. The minimum absolute atomic E-state index is 0.0220. The van der Waals surface area contributed by atoms with Crippen molar-refractivity contribution in [1.29, 1.82) is 0 Å². The number of carbonyl (C=O) groups excluding carboxylic acids is 2. The molecule has 9 heteroatoms. The Kier molecular flexibility index (Phi) is 6.11. The Morgan fingerprint density at radius 1 is 0.950 bits per heavy atom. The fourth-order valence-corrected chi connectivity index (χ4v) is 5.76. The number of aromatic nitrogens is 3. The van der Waals surface area contributed by atoms with Gasteiger partial charge in [-0.2, -0.15) is 9.50 Å². The molecular formula is C31H27N5O3S. The summed E-state index contributed by atoms with van der Waals surface area (Å²) in [5, 5.41) is 7.31. The van der Waals surface area contributed by atoms with Crippen molar-refractivity contribution in [2.45, 2.75) is 33.1 Å². The van der Waals surface area contributed by atoms with E-state index in [2.05, 4.69) is 36.2 Å². The topological polar surface area (TPSA) is 96.7 Å². The maximum atomic E-state index is 13.7. The van der Waals surface area contributed by atoms with Crippen LogP contribution < -0.4 is 20.3 Å². The van der Waals surface area contributed by atoms with Crippen molar-refractivity contribution in [3.63, 3.8) is 0 Å². The Balaban J connectivity index is 1.35. The highest BCUT2D eigenvalue weighted by molar-refractivity contribution is 7.15. The third-order valence-electron chi connectivity index (χ3n) is 6.95. The van der Waals surface area contributed by atoms with Crippen LogP contribution in [0.1, 0.15) is 37.5 Å². The number of thiazole rings is 1. The molecule has 1 N–H and O–H groups in total. The largest absolute Gasteiger partial charge is 0.325 e. The van der Waals surface area contributed by atoms with E-state index in [1.807, 2.05) is 61.5 Å². The lowest BCUT2D eigenvalue weighted by Crippen LogP contribution is -2.37. The summed E-state index contributed by atoms with van der Waals surface area (Å²) in [5.74, 6) is -0.284. The van der Waals surface area contributed by atoms with E-state index in [4.69, 9.17) is 0 Å². The molecule has 2 amide bonds. The molecule has 3 heterocycles. The Morgan fingerprint density at radius 2 is 1.65 bits per heavy atom. The van der Waals surface area contributed by atoms with Crippen molar-refractivity contribution in [2.24, 2.45) is 0 Å². The fraction of sp³-hybridized carbons (Fsp3) is 0.194. The summed E-state index contributed by atoms with van der Waals surface area (Å²) in [6.45, 7) is 8.23. The van der Waals surface area contributed by atoms with Crippen LogP contribution in [-0.4, -0.2) is 33.0 Å². The highest BCUT2D eigenvalue weighted by atomic mass is 32.1. The normalized spacial score (nSPS) is 14.6. The SMILES string of the molecule is Cc1ccc(NC(=O)CN2C(=O)C(=c3sc4nc(-c5ccc(C(C)(C)C)cc5)nn4c3=O)c3ccccc32)cc1. The summed E-state index contributed by atoms with van der Waals surface area (Å²) in [6, 6.07) is 22.6. The summed E-state index contributed by atoms with van der Waals surface area (Å²) >= 11 is 1.13. The summed E-state index contributed by atoms with van der Waals surface area (Å²) in [5.41, 5.74) is 4.80. The van der Waals surface area contributed by atoms with E-state index in [-0.39, 0.29) is 28.0 Å². The van der Waals surface area contributed by atoms with Gasteiger partial charge in [-0.25, -0.2) is 0 Å². The number of aryl methyl sites for hydroxylation is 1. The van der Waals surface area contributed by atoms with E-state index < -0.39 is 11.5 Å². The Morgan fingerprint density at radius 3 is 2.33 bits per heavy atom. The first-order chi connectivity index (χ1) is 19.1. The van der Waals surface area contributed by atoms with Gasteiger partial charge in [-0.1, -0.05) is 92.3 Å². The second kappa shape index (κ2) is 9.53. The van der Waals surface area contributed by atoms with Gasteiger partial charge in [-0.3, -0.25) is 19.3 Å². The second-order valence-electron chi connectivity index (χ2n) is 10.9. The van der Waals surface area contributed by atoms with Crippen LogP contribution >= 0.6 is 11.3 Å². The predicted molar refractivity (Wildman–Crippen MR) is 158 cm³/mol. The van der Waals surface area contributed by atoms with Crippen LogP contribution in [0.3, 0.4) is 0 Å². The van der Waals surface area contributed by atoms with Crippen molar-refractivity contribution >= 4 is 45.1 Å². The third-order valence-corrected chi connectivity index (χ3v) is 7.98. The molecule has 0 fully saturated rings. The van der Waals surface area contributed by atoms with Crippen LogP contribution in [0.4, 0.5) is 11.4 Å². The summed E-state index contributed by atoms with van der Waals surface area (Å²) in [4.78, 5) is 46.5. The van der Waals surface area contributed by atoms with Gasteiger partial charge >= 0.3 is 0 Å². The van der Waals surface area contributed by atoms with Gasteiger partial charge in [-0.15, -0.1) is 5.10 Å². The molecule has 0 aliphatic carbocycles. The molecule has 200 valence electrons. The van der Waals surface area contributed by atoms with Crippen LogP contribution in [0.25, 0.3) is 21.9 Å². The maximum Gasteiger partial charge on any atom is 0.291 e. The van der Waals surface area contributed by atoms with E-state index in [0.717, 1.165) is 22.5 Å². The molecule has 40 heavy (non-hydrogen) atoms. The number of fused-ring (bicyclic) bond motifs is 2. The zero-order valence-electron chi connectivity index (χ0n) is 22.6. The van der Waals surface area contributed by atoms with Crippen LogP contribution in [0.5, 0.6) is 0 Å². The van der Waals surface area contributed by atoms with E-state index in [0.29, 0.717) is 27.7 Å². The van der Waals surface area contributed by atoms with Gasteiger partial charge in [0.15, 0.2) is 5.82 Å². The molecule has 0 unspecified atom stereocenters. The van der Waals surface area contributed by atoms with Gasteiger partial charge in [-0.05, 0) is 36.1 Å². The van der Waals surface area contributed by atoms with Gasteiger partial charge in [0.2, 0.25) is 10.9 Å². The Hall–Kier alpha value is -4.63. The number of rotatable bonds is 4. The van der Waals surface area contributed by atoms with E-state index in [1.54, 1.807) is 18.2 Å². The molecule has 0 atom stereocenters. The van der Waals surface area contributed by atoms with Crippen molar-refractivity contribution in [1.82, 2.24) is 14.6 Å². The first kappa shape index (κ1) is 25.6. The minimum atomic E-state index is -0.408. The number of para-hydroxylation sites is 1. The zero-order valence-corrected chi connectivity index (χ0v) is 23.4. The number of hydrogen-bond donors (Lipinski definition) is 1. The molecular weight excluding hydrogens is 522 g/mol. The lowest BCUT2D eigenvalue weighted by molar-refractivity contribution is -0.118. The van der Waals surface area contributed by atoms with Crippen LogP contribution in [-0.2, 0) is 15.0 Å². The quantitative estimate of drug-likeness (QED) is 0.360. The van der Waals surface area contributed by atoms with E-state index >= 15 is 0 Å². The molecule has 0 saturated carbocycles. The van der Waals surface area contributed by atoms with Crippen LogP contribution in [0, 0.1) is 6.92 Å². The Labute approximate surface area is 234 Å². The summed E-state index contributed by atoms with van der Waals surface area (Å²) in [7, 11) is 0. The van der Waals surface area contributed by atoms with E-state index in [9.17, 15) is 14.4 Å². The van der Waals surface area contributed by atoms with Crippen molar-refractivity contribution in [2.75, 3.05) is 16.8 Å². The van der Waals surface area contributed by atoms with Gasteiger partial charge in [0.05, 0.1) is 11.3 Å².